The summed E-state index contributed by atoms with van der Waals surface area (Å²) < 4.78 is 4.83. The Balaban J connectivity index is 2.28. The maximum atomic E-state index is 12.7. The van der Waals surface area contributed by atoms with E-state index in [0.29, 0.717) is 5.75 Å². The quantitative estimate of drug-likeness (QED) is 0.205. The third-order valence-electron chi connectivity index (χ3n) is 6.58. The van der Waals surface area contributed by atoms with Crippen LogP contribution in [0.2, 0.25) is 10.1 Å². The molecule has 4 rings (SSSR count). The van der Waals surface area contributed by atoms with Crippen LogP contribution in [-0.4, -0.2) is 39.2 Å². The molecule has 32 heavy (non-hydrogen) atoms. The molecule has 0 amide bonds. The van der Waals surface area contributed by atoms with Crippen molar-refractivity contribution in [1.29, 1.82) is 0 Å². The molecule has 1 aromatic heterocycles. The van der Waals surface area contributed by atoms with Crippen molar-refractivity contribution >= 4 is 83.5 Å². The summed E-state index contributed by atoms with van der Waals surface area (Å²) in [4.78, 5) is 17.7. The van der Waals surface area contributed by atoms with Gasteiger partial charge in [0.05, 0.1) is 0 Å². The first-order valence-electron chi connectivity index (χ1n) is 10.6. The van der Waals surface area contributed by atoms with Crippen LogP contribution < -0.4 is 5.19 Å². The Morgan fingerprint density at radius 2 is 1.72 bits per heavy atom. The number of nitrogens with zero attached hydrogens (tertiary/aromatic N) is 1. The van der Waals surface area contributed by atoms with Crippen LogP contribution in [0.3, 0.4) is 0 Å². The van der Waals surface area contributed by atoms with E-state index in [4.69, 9.17) is 4.99 Å². The fraction of sp³-hybridized carbons (Fsp3) is 0.360. The molecule has 0 saturated heterocycles. The zero-order valence-electron chi connectivity index (χ0n) is 19.4. The number of hydrogen-bond donors (Lipinski definition) is 1. The number of aryl methyl sites for hydroxylation is 1. The van der Waals surface area contributed by atoms with Crippen molar-refractivity contribution in [2.24, 2.45) is 4.99 Å². The van der Waals surface area contributed by atoms with E-state index in [9.17, 15) is 9.90 Å². The number of phenolic OH excluding ortho intramolecular Hbond substituents is 1. The van der Waals surface area contributed by atoms with Gasteiger partial charge in [-0.3, -0.25) is 0 Å². The molecule has 3 nitrogen and oxygen atoms in total. The van der Waals surface area contributed by atoms with Crippen molar-refractivity contribution in [2.45, 2.75) is 58.5 Å². The van der Waals surface area contributed by atoms with Crippen LogP contribution in [0.5, 0.6) is 5.75 Å². The van der Waals surface area contributed by atoms with E-state index in [1.807, 2.05) is 18.2 Å². The number of phenols is 1. The van der Waals surface area contributed by atoms with E-state index in [2.05, 4.69) is 87.0 Å². The van der Waals surface area contributed by atoms with Gasteiger partial charge in [0.1, 0.15) is 0 Å². The zero-order chi connectivity index (χ0) is 23.8. The number of allylic oxidation sites excluding steroid dienone is 4. The molecule has 7 heteroatoms. The Morgan fingerprint density at radius 1 is 1.09 bits per heavy atom. The summed E-state index contributed by atoms with van der Waals surface area (Å²) in [6.45, 7) is 15.9. The molecule has 1 aliphatic carbocycles. The first-order valence-corrected chi connectivity index (χ1v) is 16.1. The minimum atomic E-state index is -2.69. The van der Waals surface area contributed by atoms with Gasteiger partial charge in [-0.15, -0.1) is 0 Å². The van der Waals surface area contributed by atoms with Gasteiger partial charge < -0.3 is 0 Å². The van der Waals surface area contributed by atoms with Gasteiger partial charge in [0, 0.05) is 0 Å². The molecular formula is C25H27BrINO2SeSi. The number of fused-ring (bicyclic) bond motifs is 2. The van der Waals surface area contributed by atoms with Gasteiger partial charge in [0.25, 0.3) is 0 Å². The van der Waals surface area contributed by atoms with Gasteiger partial charge >= 0.3 is 221 Å². The number of halogens is 2. The molecule has 1 aliphatic heterocycles. The Bertz CT molecular complexity index is 1240. The molecule has 0 unspecified atom stereocenters. The SMILES string of the molecule is Cc1[se]c(-c2c(O)ccc3c2[Si](C(C)(C)C)(C(C)(C)C)C2=CC(=O)C=CC2=N3)c(I)c1Br. The molecule has 0 atom stereocenters. The molecular weight excluding hydrogens is 660 g/mol. The number of rotatable bonds is 1. The van der Waals surface area contributed by atoms with Gasteiger partial charge in [-0.05, 0) is 0 Å². The second-order valence-corrected chi connectivity index (χ2v) is 20.5. The summed E-state index contributed by atoms with van der Waals surface area (Å²) in [5.41, 5.74) is 2.79. The van der Waals surface area contributed by atoms with Crippen molar-refractivity contribution in [3.63, 3.8) is 0 Å². The number of ketones is 1. The van der Waals surface area contributed by atoms with Crippen LogP contribution in [0.25, 0.3) is 10.0 Å². The number of carbonyl (C=O) groups excluding carboxylic acids is 1. The molecule has 2 aromatic rings. The second kappa shape index (κ2) is 7.90. The van der Waals surface area contributed by atoms with Crippen molar-refractivity contribution in [3.05, 3.63) is 48.0 Å². The number of aliphatic imine (C=N–C) groups is 1. The van der Waals surface area contributed by atoms with Gasteiger partial charge in [0.15, 0.2) is 0 Å². The summed E-state index contributed by atoms with van der Waals surface area (Å²) in [5, 5.41) is 13.4. The molecule has 0 spiro atoms. The predicted molar refractivity (Wildman–Crippen MR) is 150 cm³/mol. The Kier molecular flexibility index (Phi) is 6.03. The molecule has 0 bridgehead atoms. The van der Waals surface area contributed by atoms with Crippen LogP contribution in [-0.2, 0) is 4.79 Å². The Labute approximate surface area is 219 Å². The minimum absolute atomic E-state index is 0.0219. The molecule has 0 fully saturated rings. The number of carbonyl (C=O) groups is 1. The van der Waals surface area contributed by atoms with E-state index in [0.717, 1.165) is 30.2 Å². The summed E-state index contributed by atoms with van der Waals surface area (Å²) in [6.07, 6.45) is 5.34. The van der Waals surface area contributed by atoms with Crippen molar-refractivity contribution in [2.75, 3.05) is 0 Å². The first kappa shape index (κ1) is 24.4. The summed E-state index contributed by atoms with van der Waals surface area (Å²) in [7, 11) is -2.69. The molecule has 168 valence electrons. The molecule has 0 radical (unpaired) electrons. The fourth-order valence-corrected chi connectivity index (χ4v) is 18.3. The van der Waals surface area contributed by atoms with Crippen molar-refractivity contribution in [3.8, 4) is 15.8 Å². The second-order valence-electron chi connectivity index (χ2n) is 10.5. The van der Waals surface area contributed by atoms with Gasteiger partial charge in [0.2, 0.25) is 0 Å². The first-order chi connectivity index (χ1) is 14.7. The van der Waals surface area contributed by atoms with Crippen LogP contribution in [0.15, 0.2) is 45.0 Å². The zero-order valence-corrected chi connectivity index (χ0v) is 25.8. The van der Waals surface area contributed by atoms with Crippen LogP contribution in [0, 0.1) is 10.5 Å². The van der Waals surface area contributed by atoms with Crippen molar-refractivity contribution < 1.29 is 9.90 Å². The standard InChI is InChI=1S/C25H27BrINO2SeSi/c1-13-20(26)21(27)22(31-13)19-17(30)11-10-16-23(19)32(24(2,3)4,25(5,6)7)18-12-14(29)8-9-15(18)28-16/h8-12,30H,1-7H3. The average molecular weight is 687 g/mol. The summed E-state index contributed by atoms with van der Waals surface area (Å²) >= 11 is 6.28. The molecule has 1 aromatic carbocycles. The number of aromatic hydroxyl groups is 1. The maximum absolute atomic E-state index is 12.7. The Morgan fingerprint density at radius 3 is 2.25 bits per heavy atom. The van der Waals surface area contributed by atoms with E-state index in [1.54, 1.807) is 12.1 Å². The van der Waals surface area contributed by atoms with Crippen LogP contribution in [0.4, 0.5) is 5.69 Å². The van der Waals surface area contributed by atoms with Crippen molar-refractivity contribution in [1.82, 2.24) is 0 Å². The van der Waals surface area contributed by atoms with Gasteiger partial charge in [-0.25, -0.2) is 0 Å². The molecule has 2 aliphatic rings. The summed E-state index contributed by atoms with van der Waals surface area (Å²) in [6, 6.07) is 3.76. The monoisotopic (exact) mass is 687 g/mol. The summed E-state index contributed by atoms with van der Waals surface area (Å²) in [5.74, 6) is 0.334. The van der Waals surface area contributed by atoms with E-state index in [1.165, 1.54) is 14.1 Å². The van der Waals surface area contributed by atoms with E-state index in [-0.39, 0.29) is 30.4 Å². The average Bonchev–Trinajstić information content (AvgIpc) is 2.91. The fourth-order valence-electron chi connectivity index (χ4n) is 5.80. The predicted octanol–water partition coefficient (Wildman–Crippen LogP) is 6.74. The number of benzene rings is 1. The Hall–Kier alpha value is -0.734. The van der Waals surface area contributed by atoms with E-state index >= 15 is 0 Å². The van der Waals surface area contributed by atoms with Crippen LogP contribution in [0.1, 0.15) is 46.0 Å². The normalized spacial score (nSPS) is 17.6. The van der Waals surface area contributed by atoms with Gasteiger partial charge in [-0.1, -0.05) is 0 Å². The molecule has 2 heterocycles. The van der Waals surface area contributed by atoms with Gasteiger partial charge in [-0.2, -0.15) is 0 Å². The number of hydrogen-bond acceptors (Lipinski definition) is 3. The molecule has 1 N–H and O–H groups in total. The molecule has 0 saturated carbocycles. The van der Waals surface area contributed by atoms with Crippen LogP contribution >= 0.6 is 38.5 Å². The third-order valence-corrected chi connectivity index (χ3v) is 20.1. The topological polar surface area (TPSA) is 49.7 Å². The van der Waals surface area contributed by atoms with E-state index < -0.39 is 8.07 Å². The third kappa shape index (κ3) is 3.37.